The highest BCUT2D eigenvalue weighted by Crippen LogP contribution is 2.21. The van der Waals surface area contributed by atoms with Gasteiger partial charge in [0.25, 0.3) is 0 Å². The van der Waals surface area contributed by atoms with E-state index in [1.54, 1.807) is 0 Å². The number of imide groups is 1. The minimum Gasteiger partial charge on any atom is -0.396 e. The summed E-state index contributed by atoms with van der Waals surface area (Å²) in [6.45, 7) is 2.73. The zero-order valence-electron chi connectivity index (χ0n) is 19.8. The predicted octanol–water partition coefficient (Wildman–Crippen LogP) is 1.92. The third-order valence-corrected chi connectivity index (χ3v) is 5.98. The van der Waals surface area contributed by atoms with Gasteiger partial charge in [0.1, 0.15) is 6.04 Å². The number of anilines is 1. The lowest BCUT2D eigenvalue weighted by atomic mass is 10.0. The fraction of sp³-hybridized carbons (Fsp3) is 0.360. The van der Waals surface area contributed by atoms with Crippen LogP contribution in [0.5, 0.6) is 0 Å². The first-order valence-corrected chi connectivity index (χ1v) is 11.6. The van der Waals surface area contributed by atoms with Crippen molar-refractivity contribution in [3.8, 4) is 0 Å². The number of aliphatic hydroxyl groups is 1. The minimum absolute atomic E-state index is 0.138. The molecule has 9 nitrogen and oxygen atoms in total. The average Bonchev–Trinajstić information content (AvgIpc) is 2.85. The average molecular weight is 503 g/mol. The quantitative estimate of drug-likeness (QED) is 0.290. The molecule has 3 rings (SSSR count). The van der Waals surface area contributed by atoms with Crippen LogP contribution in [-0.2, 0) is 38.7 Å². The molecule has 0 spiro atoms. The molecular weight excluding hydrogens is 472 g/mol. The van der Waals surface area contributed by atoms with Crippen LogP contribution in [0.4, 0.5) is 5.69 Å². The number of rotatable bonds is 10. The Bertz CT molecular complexity index is 1050. The molecule has 4 amide bonds. The largest absolute Gasteiger partial charge is 0.396 e. The van der Waals surface area contributed by atoms with Gasteiger partial charge < -0.3 is 20.6 Å². The maximum absolute atomic E-state index is 11.9. The summed E-state index contributed by atoms with van der Waals surface area (Å²) < 4.78 is 0. The van der Waals surface area contributed by atoms with Gasteiger partial charge in [-0.2, -0.15) is 0 Å². The van der Waals surface area contributed by atoms with Crippen molar-refractivity contribution in [2.75, 3.05) is 19.0 Å². The second-order valence-electron chi connectivity index (χ2n) is 8.03. The van der Waals surface area contributed by atoms with E-state index in [-0.39, 0.29) is 25.5 Å². The van der Waals surface area contributed by atoms with Crippen LogP contribution in [0.3, 0.4) is 0 Å². The van der Waals surface area contributed by atoms with E-state index in [1.807, 2.05) is 50.4 Å². The number of aliphatic hydroxyl groups excluding tert-OH is 1. The monoisotopic (exact) mass is 502 g/mol. The van der Waals surface area contributed by atoms with Crippen LogP contribution in [0.2, 0.25) is 5.02 Å². The van der Waals surface area contributed by atoms with Gasteiger partial charge in [-0.05, 0) is 54.2 Å². The summed E-state index contributed by atoms with van der Waals surface area (Å²) in [7, 11) is 1.84. The Hall–Kier alpha value is -3.43. The van der Waals surface area contributed by atoms with Gasteiger partial charge in [0.15, 0.2) is 0 Å². The lowest BCUT2D eigenvalue weighted by molar-refractivity contribution is -0.141. The normalized spacial score (nSPS) is 14.8. The lowest BCUT2D eigenvalue weighted by Gasteiger charge is -2.30. The maximum atomic E-state index is 11.9. The molecule has 1 aliphatic heterocycles. The van der Waals surface area contributed by atoms with Gasteiger partial charge in [-0.1, -0.05) is 35.9 Å². The molecule has 1 unspecified atom stereocenters. The Kier molecular flexibility index (Phi) is 11.2. The van der Waals surface area contributed by atoms with Crippen molar-refractivity contribution in [3.05, 3.63) is 63.7 Å². The topological polar surface area (TPSA) is 128 Å². The molecule has 188 valence electrons. The molecule has 0 aromatic heterocycles. The minimum atomic E-state index is -0.638. The second-order valence-corrected chi connectivity index (χ2v) is 8.44. The highest BCUT2D eigenvalue weighted by molar-refractivity contribution is 6.31. The number of piperidine rings is 1. The molecule has 0 radical (unpaired) electrons. The van der Waals surface area contributed by atoms with Crippen molar-refractivity contribution >= 4 is 41.9 Å². The standard InChI is InChI=1S/C16H19N3O4.C9H12ClNO/c1-11-2-3-12(7-17-9-20)6-13(11)8-19(10-21)14-4-5-15(22)18-16(14)23;1-11-8-3-2-7(4-5-12)9(10)6-8/h2-3,6,9-10,14H,4-5,7-8H2,1H3,(H,17,20)(H,18,22,23);2-3,6,11-12H,4-5H2,1H3. The number of nitrogens with zero attached hydrogens (tertiary/aromatic N) is 1. The van der Waals surface area contributed by atoms with Crippen LogP contribution in [0, 0.1) is 6.92 Å². The van der Waals surface area contributed by atoms with Crippen LogP contribution in [0.15, 0.2) is 36.4 Å². The highest BCUT2D eigenvalue weighted by Gasteiger charge is 2.31. The summed E-state index contributed by atoms with van der Waals surface area (Å²) in [6.07, 6.45) is 2.43. The molecule has 35 heavy (non-hydrogen) atoms. The number of carbonyl (C=O) groups excluding carboxylic acids is 4. The molecule has 0 saturated carbocycles. The number of carbonyl (C=O) groups is 4. The van der Waals surface area contributed by atoms with Crippen molar-refractivity contribution in [2.24, 2.45) is 0 Å². The molecule has 1 aliphatic rings. The van der Waals surface area contributed by atoms with E-state index in [0.29, 0.717) is 37.2 Å². The SMILES string of the molecule is CNc1ccc(CCO)c(Cl)c1.Cc1ccc(CNC=O)cc1CN(C=O)C1CCC(=O)NC1=O. The third kappa shape index (κ3) is 8.38. The van der Waals surface area contributed by atoms with E-state index < -0.39 is 11.9 Å². The zero-order valence-corrected chi connectivity index (χ0v) is 20.6. The smallest absolute Gasteiger partial charge is 0.249 e. The fourth-order valence-electron chi connectivity index (χ4n) is 3.61. The maximum Gasteiger partial charge on any atom is 0.249 e. The third-order valence-electron chi connectivity index (χ3n) is 5.62. The van der Waals surface area contributed by atoms with Gasteiger partial charge in [-0.15, -0.1) is 0 Å². The Labute approximate surface area is 209 Å². The van der Waals surface area contributed by atoms with Crippen LogP contribution in [0.1, 0.15) is 35.1 Å². The summed E-state index contributed by atoms with van der Waals surface area (Å²) in [6, 6.07) is 10.8. The van der Waals surface area contributed by atoms with Crippen LogP contribution in [0.25, 0.3) is 0 Å². The van der Waals surface area contributed by atoms with Gasteiger partial charge in [0.2, 0.25) is 24.6 Å². The van der Waals surface area contributed by atoms with Crippen molar-refractivity contribution in [1.29, 1.82) is 0 Å². The molecule has 0 bridgehead atoms. The van der Waals surface area contributed by atoms with E-state index in [4.69, 9.17) is 16.7 Å². The number of benzene rings is 2. The first kappa shape index (κ1) is 27.8. The summed E-state index contributed by atoms with van der Waals surface area (Å²) in [4.78, 5) is 46.3. The van der Waals surface area contributed by atoms with E-state index in [1.165, 1.54) is 4.90 Å². The van der Waals surface area contributed by atoms with Gasteiger partial charge in [-0.3, -0.25) is 24.5 Å². The molecule has 1 fully saturated rings. The summed E-state index contributed by atoms with van der Waals surface area (Å²) >= 11 is 5.94. The van der Waals surface area contributed by atoms with Gasteiger partial charge >= 0.3 is 0 Å². The highest BCUT2D eigenvalue weighted by atomic mass is 35.5. The van der Waals surface area contributed by atoms with Crippen molar-refractivity contribution in [1.82, 2.24) is 15.5 Å². The molecule has 4 N–H and O–H groups in total. The number of amides is 4. The summed E-state index contributed by atoms with van der Waals surface area (Å²) in [5, 5.41) is 17.2. The second kappa shape index (κ2) is 14.1. The summed E-state index contributed by atoms with van der Waals surface area (Å²) in [5.74, 6) is -0.750. The Morgan fingerprint density at radius 3 is 2.54 bits per heavy atom. The number of aryl methyl sites for hydroxylation is 1. The summed E-state index contributed by atoms with van der Waals surface area (Å²) in [5.41, 5.74) is 4.76. The first-order valence-electron chi connectivity index (χ1n) is 11.2. The van der Waals surface area contributed by atoms with Crippen molar-refractivity contribution in [2.45, 2.75) is 45.3 Å². The number of nitrogens with one attached hydrogen (secondary N) is 3. The van der Waals surface area contributed by atoms with Crippen LogP contribution < -0.4 is 16.0 Å². The van der Waals surface area contributed by atoms with Gasteiger partial charge in [0, 0.05) is 43.9 Å². The molecule has 2 aromatic rings. The Morgan fingerprint density at radius 1 is 1.17 bits per heavy atom. The van der Waals surface area contributed by atoms with E-state index in [0.717, 1.165) is 27.9 Å². The molecule has 1 atom stereocenters. The van der Waals surface area contributed by atoms with E-state index >= 15 is 0 Å². The lowest BCUT2D eigenvalue weighted by Crippen LogP contribution is -2.51. The Morgan fingerprint density at radius 2 is 1.94 bits per heavy atom. The molecule has 10 heteroatoms. The number of hydrogen-bond acceptors (Lipinski definition) is 6. The van der Waals surface area contributed by atoms with Crippen LogP contribution >= 0.6 is 11.6 Å². The Balaban J connectivity index is 0.000000303. The number of hydrogen-bond donors (Lipinski definition) is 4. The van der Waals surface area contributed by atoms with E-state index in [9.17, 15) is 19.2 Å². The molecular formula is C25H31ClN4O5. The predicted molar refractivity (Wildman–Crippen MR) is 134 cm³/mol. The van der Waals surface area contributed by atoms with Crippen LogP contribution in [-0.4, -0.2) is 54.3 Å². The molecule has 1 heterocycles. The van der Waals surface area contributed by atoms with Gasteiger partial charge in [-0.25, -0.2) is 0 Å². The first-order chi connectivity index (χ1) is 16.8. The van der Waals surface area contributed by atoms with Crippen molar-refractivity contribution in [3.63, 3.8) is 0 Å². The van der Waals surface area contributed by atoms with Crippen molar-refractivity contribution < 1.29 is 24.3 Å². The van der Waals surface area contributed by atoms with Gasteiger partial charge in [0.05, 0.1) is 0 Å². The zero-order chi connectivity index (χ0) is 25.8. The molecule has 2 aromatic carbocycles. The molecule has 0 aliphatic carbocycles. The fourth-order valence-corrected chi connectivity index (χ4v) is 3.88. The number of halogens is 1. The molecule has 1 saturated heterocycles. The van der Waals surface area contributed by atoms with E-state index in [2.05, 4.69) is 16.0 Å².